The number of hydrogen-bond acceptors (Lipinski definition) is 4. The monoisotopic (exact) mass is 362 g/mol. The Morgan fingerprint density at radius 3 is 2.56 bits per heavy atom. The summed E-state index contributed by atoms with van der Waals surface area (Å²) in [7, 11) is 0. The molecule has 1 aliphatic rings. The van der Waals surface area contributed by atoms with E-state index >= 15 is 0 Å². The Labute approximate surface area is 156 Å². The van der Waals surface area contributed by atoms with Gasteiger partial charge in [-0.25, -0.2) is 14.4 Å². The molecule has 2 aromatic carbocycles. The average Bonchev–Trinajstić information content (AvgIpc) is 2.73. The van der Waals surface area contributed by atoms with Crippen LogP contribution in [0.1, 0.15) is 27.2 Å². The first kappa shape index (κ1) is 17.1. The van der Waals surface area contributed by atoms with E-state index in [1.54, 1.807) is 23.2 Å². The molecule has 2 heterocycles. The maximum atomic E-state index is 12.9. The van der Waals surface area contributed by atoms with Gasteiger partial charge in [0.2, 0.25) is 0 Å². The number of halogens is 1. The Balaban J connectivity index is 1.38. The van der Waals surface area contributed by atoms with Crippen LogP contribution in [0.25, 0.3) is 0 Å². The van der Waals surface area contributed by atoms with Gasteiger partial charge in [-0.05, 0) is 35.2 Å². The van der Waals surface area contributed by atoms with Gasteiger partial charge in [0.25, 0.3) is 5.91 Å². The van der Waals surface area contributed by atoms with Gasteiger partial charge in [0.1, 0.15) is 17.3 Å². The third-order valence-electron chi connectivity index (χ3n) is 4.68. The number of anilines is 1. The molecule has 0 fully saturated rings. The Hall–Kier alpha value is -3.28. The molecule has 0 bridgehead atoms. The first-order chi connectivity index (χ1) is 13.2. The van der Waals surface area contributed by atoms with E-state index in [-0.39, 0.29) is 11.7 Å². The van der Waals surface area contributed by atoms with E-state index in [0.29, 0.717) is 31.1 Å². The lowest BCUT2D eigenvalue weighted by Gasteiger charge is -2.28. The van der Waals surface area contributed by atoms with Crippen molar-refractivity contribution in [1.82, 2.24) is 14.9 Å². The summed E-state index contributed by atoms with van der Waals surface area (Å²) in [5, 5.41) is 3.12. The number of carbonyl (C=O) groups is 1. The lowest BCUT2D eigenvalue weighted by atomic mass is 10.00. The zero-order valence-electron chi connectivity index (χ0n) is 14.7. The summed E-state index contributed by atoms with van der Waals surface area (Å²) in [4.78, 5) is 23.0. The number of benzene rings is 2. The van der Waals surface area contributed by atoms with Gasteiger partial charge in [0, 0.05) is 19.6 Å². The molecule has 5 nitrogen and oxygen atoms in total. The van der Waals surface area contributed by atoms with Gasteiger partial charge >= 0.3 is 0 Å². The molecule has 3 aromatic rings. The predicted molar refractivity (Wildman–Crippen MR) is 101 cm³/mol. The molecule has 1 amide bonds. The van der Waals surface area contributed by atoms with Gasteiger partial charge in [-0.2, -0.15) is 0 Å². The molecule has 0 saturated heterocycles. The number of nitrogens with one attached hydrogen (secondary N) is 1. The summed E-state index contributed by atoms with van der Waals surface area (Å²) in [5.41, 5.74) is 3.75. The topological polar surface area (TPSA) is 58.1 Å². The van der Waals surface area contributed by atoms with Crippen LogP contribution < -0.4 is 5.32 Å². The predicted octanol–water partition coefficient (Wildman–Crippen LogP) is 3.43. The second-order valence-electron chi connectivity index (χ2n) is 6.51. The zero-order valence-corrected chi connectivity index (χ0v) is 14.7. The molecule has 1 aliphatic heterocycles. The number of nitrogens with zero attached hydrogens (tertiary/aromatic N) is 3. The molecule has 1 aromatic heterocycles. The Morgan fingerprint density at radius 2 is 1.81 bits per heavy atom. The fourth-order valence-corrected chi connectivity index (χ4v) is 3.16. The fourth-order valence-electron chi connectivity index (χ4n) is 3.16. The van der Waals surface area contributed by atoms with Crippen LogP contribution in [0.2, 0.25) is 0 Å². The molecule has 0 atom stereocenters. The maximum Gasteiger partial charge on any atom is 0.274 e. The number of hydrogen-bond donors (Lipinski definition) is 1. The van der Waals surface area contributed by atoms with E-state index in [1.165, 1.54) is 29.5 Å². The number of carbonyl (C=O) groups excluding carboxylic acids is 1. The lowest BCUT2D eigenvalue weighted by Crippen LogP contribution is -2.36. The Kier molecular flexibility index (Phi) is 4.78. The van der Waals surface area contributed by atoms with Crippen molar-refractivity contribution in [2.45, 2.75) is 19.5 Å². The molecule has 0 aliphatic carbocycles. The molecular weight excluding hydrogens is 343 g/mol. The quantitative estimate of drug-likeness (QED) is 0.773. The van der Waals surface area contributed by atoms with Gasteiger partial charge in [-0.1, -0.05) is 36.4 Å². The lowest BCUT2D eigenvalue weighted by molar-refractivity contribution is 0.0728. The summed E-state index contributed by atoms with van der Waals surface area (Å²) in [5.74, 6) is 0.198. The first-order valence-corrected chi connectivity index (χ1v) is 8.85. The van der Waals surface area contributed by atoms with E-state index in [1.807, 2.05) is 12.1 Å². The molecule has 0 saturated carbocycles. The Bertz CT molecular complexity index is 941. The van der Waals surface area contributed by atoms with E-state index in [0.717, 1.165) is 12.0 Å². The van der Waals surface area contributed by atoms with Crippen LogP contribution in [-0.2, 0) is 19.5 Å². The van der Waals surface area contributed by atoms with Crippen LogP contribution in [-0.4, -0.2) is 27.3 Å². The van der Waals surface area contributed by atoms with Gasteiger partial charge in [0.05, 0.1) is 12.4 Å². The molecule has 1 N–H and O–H groups in total. The molecule has 27 heavy (non-hydrogen) atoms. The second-order valence-corrected chi connectivity index (χ2v) is 6.51. The number of amides is 1. The molecule has 0 radical (unpaired) electrons. The molecule has 0 unspecified atom stereocenters. The van der Waals surface area contributed by atoms with E-state index in [4.69, 9.17) is 0 Å². The summed E-state index contributed by atoms with van der Waals surface area (Å²) in [6.45, 7) is 1.79. The van der Waals surface area contributed by atoms with E-state index < -0.39 is 0 Å². The molecule has 6 heteroatoms. The van der Waals surface area contributed by atoms with Crippen molar-refractivity contribution in [3.8, 4) is 0 Å². The van der Waals surface area contributed by atoms with Crippen LogP contribution in [0.3, 0.4) is 0 Å². The summed E-state index contributed by atoms with van der Waals surface area (Å²) >= 11 is 0. The third-order valence-corrected chi connectivity index (χ3v) is 4.68. The third kappa shape index (κ3) is 3.95. The summed E-state index contributed by atoms with van der Waals surface area (Å²) in [6.07, 6.45) is 3.90. The van der Waals surface area contributed by atoms with Crippen molar-refractivity contribution in [2.24, 2.45) is 0 Å². The zero-order chi connectivity index (χ0) is 18.6. The number of aromatic nitrogens is 2. The van der Waals surface area contributed by atoms with Gasteiger partial charge in [0.15, 0.2) is 0 Å². The number of rotatable bonds is 4. The van der Waals surface area contributed by atoms with Crippen molar-refractivity contribution in [1.29, 1.82) is 0 Å². The first-order valence-electron chi connectivity index (χ1n) is 8.85. The standard InChI is InChI=1S/C21H19FN4O/c22-18-7-5-15(6-8-18)11-24-20-13-23-19(12-25-20)21(27)26-10-9-16-3-1-2-4-17(16)14-26/h1-8,12-13H,9-11,14H2,(H,24,25). The van der Waals surface area contributed by atoms with Crippen LogP contribution in [0, 0.1) is 5.82 Å². The van der Waals surface area contributed by atoms with Gasteiger partial charge < -0.3 is 10.2 Å². The van der Waals surface area contributed by atoms with Crippen molar-refractivity contribution < 1.29 is 9.18 Å². The van der Waals surface area contributed by atoms with Gasteiger partial charge in [-0.3, -0.25) is 4.79 Å². The van der Waals surface area contributed by atoms with E-state index in [2.05, 4.69) is 27.4 Å². The van der Waals surface area contributed by atoms with Crippen molar-refractivity contribution in [3.05, 3.63) is 89.1 Å². The summed E-state index contributed by atoms with van der Waals surface area (Å²) in [6, 6.07) is 14.4. The normalized spacial score (nSPS) is 13.1. The van der Waals surface area contributed by atoms with Crippen molar-refractivity contribution in [3.63, 3.8) is 0 Å². The Morgan fingerprint density at radius 1 is 1.04 bits per heavy atom. The highest BCUT2D eigenvalue weighted by Gasteiger charge is 2.22. The van der Waals surface area contributed by atoms with Gasteiger partial charge in [-0.15, -0.1) is 0 Å². The highest BCUT2D eigenvalue weighted by Crippen LogP contribution is 2.20. The van der Waals surface area contributed by atoms with Crippen LogP contribution in [0.4, 0.5) is 10.2 Å². The smallest absolute Gasteiger partial charge is 0.274 e. The molecule has 0 spiro atoms. The SMILES string of the molecule is O=C(c1cnc(NCc2ccc(F)cc2)cn1)N1CCc2ccccc2C1. The second kappa shape index (κ2) is 7.53. The number of fused-ring (bicyclic) bond motifs is 1. The maximum absolute atomic E-state index is 12.9. The largest absolute Gasteiger partial charge is 0.365 e. The van der Waals surface area contributed by atoms with E-state index in [9.17, 15) is 9.18 Å². The molecular formula is C21H19FN4O. The molecule has 136 valence electrons. The van der Waals surface area contributed by atoms with Crippen LogP contribution in [0.5, 0.6) is 0 Å². The fraction of sp³-hybridized carbons (Fsp3) is 0.190. The minimum atomic E-state index is -0.262. The molecule has 4 rings (SSSR count). The highest BCUT2D eigenvalue weighted by molar-refractivity contribution is 5.92. The average molecular weight is 362 g/mol. The van der Waals surface area contributed by atoms with Crippen LogP contribution in [0.15, 0.2) is 60.9 Å². The van der Waals surface area contributed by atoms with Crippen molar-refractivity contribution in [2.75, 3.05) is 11.9 Å². The minimum absolute atomic E-state index is 0.109. The highest BCUT2D eigenvalue weighted by atomic mass is 19.1. The van der Waals surface area contributed by atoms with Crippen molar-refractivity contribution >= 4 is 11.7 Å². The van der Waals surface area contributed by atoms with Crippen LogP contribution >= 0.6 is 0 Å². The minimum Gasteiger partial charge on any atom is -0.365 e. The summed E-state index contributed by atoms with van der Waals surface area (Å²) < 4.78 is 12.9.